The average molecular weight is 531 g/mol. The van der Waals surface area contributed by atoms with Crippen LogP contribution in [0.2, 0.25) is 0 Å². The zero-order valence-electron chi connectivity index (χ0n) is 20.5. The van der Waals surface area contributed by atoms with Crippen molar-refractivity contribution >= 4 is 11.9 Å². The molecule has 2 fully saturated rings. The monoisotopic (exact) mass is 530 g/mol. The van der Waals surface area contributed by atoms with Gasteiger partial charge in [0.25, 0.3) is 0 Å². The Kier molecular flexibility index (Phi) is 11.2. The SMILES string of the molecule is Cc1ccc(C)c(CN2CC3(C2)OCCC3CCN(C)C)c1.O=C(O)C(F)(F)F.O=C(O)C(F)(F)F. The molecule has 0 amide bonds. The second kappa shape index (κ2) is 12.7. The highest BCUT2D eigenvalue weighted by molar-refractivity contribution is 5.73. The fourth-order valence-electron chi connectivity index (χ4n) is 3.99. The maximum absolute atomic E-state index is 10.6. The van der Waals surface area contributed by atoms with Crippen LogP contribution in [0.4, 0.5) is 26.3 Å². The van der Waals surface area contributed by atoms with Gasteiger partial charge < -0.3 is 19.8 Å². The number of carboxylic acid groups (broad SMARTS) is 2. The first kappa shape index (κ1) is 31.6. The van der Waals surface area contributed by atoms with E-state index in [4.69, 9.17) is 24.5 Å². The molecule has 2 aliphatic rings. The van der Waals surface area contributed by atoms with Crippen molar-refractivity contribution in [1.29, 1.82) is 0 Å². The molecular weight excluding hydrogens is 498 g/mol. The first-order valence-corrected chi connectivity index (χ1v) is 11.0. The van der Waals surface area contributed by atoms with Crippen LogP contribution in [0.25, 0.3) is 0 Å². The Morgan fingerprint density at radius 1 is 1.06 bits per heavy atom. The van der Waals surface area contributed by atoms with Crippen molar-refractivity contribution in [3.8, 4) is 0 Å². The maximum Gasteiger partial charge on any atom is 0.490 e. The molecule has 7 nitrogen and oxygen atoms in total. The number of halogens is 6. The Bertz CT molecular complexity index is 859. The second-order valence-electron chi connectivity index (χ2n) is 9.17. The number of carbonyl (C=O) groups is 2. The molecule has 0 bridgehead atoms. The molecule has 2 aliphatic heterocycles. The lowest BCUT2D eigenvalue weighted by atomic mass is 9.78. The summed E-state index contributed by atoms with van der Waals surface area (Å²) in [5, 5.41) is 14.2. The summed E-state index contributed by atoms with van der Waals surface area (Å²) in [5.74, 6) is -4.77. The zero-order chi connectivity index (χ0) is 27.9. The van der Waals surface area contributed by atoms with E-state index >= 15 is 0 Å². The van der Waals surface area contributed by atoms with E-state index < -0.39 is 24.3 Å². The van der Waals surface area contributed by atoms with Crippen LogP contribution in [-0.2, 0) is 20.9 Å². The molecule has 0 aromatic heterocycles. The molecule has 0 radical (unpaired) electrons. The third kappa shape index (κ3) is 9.94. The molecule has 1 atom stereocenters. The fourth-order valence-corrected chi connectivity index (χ4v) is 3.99. The van der Waals surface area contributed by atoms with Crippen molar-refractivity contribution in [1.82, 2.24) is 9.80 Å². The molecule has 36 heavy (non-hydrogen) atoms. The van der Waals surface area contributed by atoms with Gasteiger partial charge >= 0.3 is 24.3 Å². The summed E-state index contributed by atoms with van der Waals surface area (Å²) in [7, 11) is 4.33. The molecule has 2 saturated heterocycles. The molecule has 0 saturated carbocycles. The lowest BCUT2D eigenvalue weighted by Gasteiger charge is -2.50. The minimum absolute atomic E-state index is 0.160. The highest BCUT2D eigenvalue weighted by Gasteiger charge is 2.52. The van der Waals surface area contributed by atoms with Crippen LogP contribution in [0.5, 0.6) is 0 Å². The number of benzene rings is 1. The molecule has 1 aromatic carbocycles. The highest BCUT2D eigenvalue weighted by atomic mass is 19.4. The van der Waals surface area contributed by atoms with Gasteiger partial charge in [0.15, 0.2) is 0 Å². The minimum Gasteiger partial charge on any atom is -0.475 e. The normalized spacial score (nSPS) is 19.1. The Morgan fingerprint density at radius 2 is 1.56 bits per heavy atom. The summed E-state index contributed by atoms with van der Waals surface area (Å²) in [5.41, 5.74) is 4.39. The second-order valence-corrected chi connectivity index (χ2v) is 9.17. The predicted octanol–water partition coefficient (Wildman–Crippen LogP) is 4.11. The molecule has 2 N–H and O–H groups in total. The van der Waals surface area contributed by atoms with E-state index in [1.54, 1.807) is 0 Å². The maximum atomic E-state index is 10.6. The average Bonchev–Trinajstić information content (AvgIpc) is 3.12. The molecule has 0 aliphatic carbocycles. The van der Waals surface area contributed by atoms with Gasteiger partial charge in [0.05, 0.1) is 5.60 Å². The summed E-state index contributed by atoms with van der Waals surface area (Å²) in [6.07, 6.45) is -7.66. The molecule has 13 heteroatoms. The van der Waals surface area contributed by atoms with Gasteiger partial charge in [-0.2, -0.15) is 26.3 Å². The van der Waals surface area contributed by atoms with E-state index in [1.165, 1.54) is 36.1 Å². The first-order chi connectivity index (χ1) is 16.4. The number of ether oxygens (including phenoxy) is 1. The number of carboxylic acids is 2. The van der Waals surface area contributed by atoms with Gasteiger partial charge in [0.2, 0.25) is 0 Å². The minimum atomic E-state index is -5.08. The highest BCUT2D eigenvalue weighted by Crippen LogP contribution is 2.42. The Balaban J connectivity index is 0.000000383. The molecule has 1 aromatic rings. The van der Waals surface area contributed by atoms with E-state index in [0.29, 0.717) is 0 Å². The topological polar surface area (TPSA) is 90.3 Å². The van der Waals surface area contributed by atoms with Crippen LogP contribution in [0.15, 0.2) is 18.2 Å². The van der Waals surface area contributed by atoms with E-state index in [-0.39, 0.29) is 5.60 Å². The third-order valence-electron chi connectivity index (χ3n) is 5.89. The van der Waals surface area contributed by atoms with Crippen LogP contribution in [0.3, 0.4) is 0 Å². The largest absolute Gasteiger partial charge is 0.490 e. The summed E-state index contributed by atoms with van der Waals surface area (Å²) in [6.45, 7) is 9.81. The lowest BCUT2D eigenvalue weighted by Crippen LogP contribution is -2.64. The van der Waals surface area contributed by atoms with Gasteiger partial charge in [0, 0.05) is 26.2 Å². The summed E-state index contributed by atoms with van der Waals surface area (Å²) < 4.78 is 69.7. The van der Waals surface area contributed by atoms with Crippen molar-refractivity contribution in [2.75, 3.05) is 40.3 Å². The van der Waals surface area contributed by atoms with Crippen LogP contribution in [0, 0.1) is 19.8 Å². The van der Waals surface area contributed by atoms with E-state index in [9.17, 15) is 26.3 Å². The number of hydrogen-bond donors (Lipinski definition) is 2. The molecule has 1 spiro atoms. The van der Waals surface area contributed by atoms with E-state index in [1.807, 2.05) is 0 Å². The van der Waals surface area contributed by atoms with E-state index in [2.05, 4.69) is 55.9 Å². The van der Waals surface area contributed by atoms with Crippen LogP contribution in [-0.4, -0.2) is 90.2 Å². The summed E-state index contributed by atoms with van der Waals surface area (Å²) in [6, 6.07) is 6.78. The van der Waals surface area contributed by atoms with Gasteiger partial charge in [-0.25, -0.2) is 9.59 Å². The zero-order valence-corrected chi connectivity index (χ0v) is 20.5. The number of likely N-dealkylation sites (tertiary alicyclic amines) is 1. The van der Waals surface area contributed by atoms with Crippen LogP contribution in [0.1, 0.15) is 29.5 Å². The molecule has 206 valence electrons. The van der Waals surface area contributed by atoms with Crippen molar-refractivity contribution < 1.29 is 50.9 Å². The van der Waals surface area contributed by atoms with Gasteiger partial charge in [-0.15, -0.1) is 0 Å². The number of alkyl halides is 6. The van der Waals surface area contributed by atoms with Crippen LogP contribution >= 0.6 is 0 Å². The third-order valence-corrected chi connectivity index (χ3v) is 5.89. The summed E-state index contributed by atoms with van der Waals surface area (Å²) in [4.78, 5) is 22.6. The Morgan fingerprint density at radius 3 is 2.00 bits per heavy atom. The number of aryl methyl sites for hydroxylation is 2. The van der Waals surface area contributed by atoms with Crippen LogP contribution < -0.4 is 0 Å². The van der Waals surface area contributed by atoms with Crippen molar-refractivity contribution in [2.24, 2.45) is 5.92 Å². The molecule has 1 unspecified atom stereocenters. The Hall–Kier alpha value is -2.38. The fraction of sp³-hybridized carbons (Fsp3) is 0.652. The predicted molar refractivity (Wildman–Crippen MR) is 119 cm³/mol. The number of aliphatic carboxylic acids is 2. The van der Waals surface area contributed by atoms with E-state index in [0.717, 1.165) is 32.2 Å². The molecular formula is C23H32F6N2O5. The quantitative estimate of drug-likeness (QED) is 0.554. The Labute approximate surface area is 205 Å². The smallest absolute Gasteiger partial charge is 0.475 e. The van der Waals surface area contributed by atoms with Gasteiger partial charge in [0.1, 0.15) is 0 Å². The van der Waals surface area contributed by atoms with Gasteiger partial charge in [-0.3, -0.25) is 4.90 Å². The first-order valence-electron chi connectivity index (χ1n) is 11.0. The number of rotatable bonds is 5. The van der Waals surface area contributed by atoms with Gasteiger partial charge in [-0.1, -0.05) is 23.8 Å². The number of nitrogens with zero attached hydrogens (tertiary/aromatic N) is 2. The van der Waals surface area contributed by atoms with Crippen molar-refractivity contribution in [2.45, 2.75) is 51.2 Å². The standard InChI is InChI=1S/C19H30N2O.2C2HF3O2/c1-15-5-6-16(2)17(11-15)12-21-13-19(14-21)18(8-10-22-19)7-9-20(3)4;2*3-2(4,5)1(6)7/h5-6,11,18H,7-10,12-14H2,1-4H3;2*(H,6,7). The van der Waals surface area contributed by atoms with Crippen molar-refractivity contribution in [3.05, 3.63) is 34.9 Å². The number of hydrogen-bond acceptors (Lipinski definition) is 5. The molecule has 3 rings (SSSR count). The molecule has 2 heterocycles. The summed E-state index contributed by atoms with van der Waals surface area (Å²) >= 11 is 0. The lowest BCUT2D eigenvalue weighted by molar-refractivity contribution is -0.193. The van der Waals surface area contributed by atoms with Gasteiger partial charge in [-0.05, 0) is 64.4 Å². The van der Waals surface area contributed by atoms with Crippen molar-refractivity contribution in [3.63, 3.8) is 0 Å².